The maximum atomic E-state index is 12.0. The number of carbonyl (C=O) groups excluding carboxylic acids is 1. The first kappa shape index (κ1) is 16.0. The van der Waals surface area contributed by atoms with E-state index < -0.39 is 5.97 Å². The molecular weight excluding hydrogens is 290 g/mol. The Kier molecular flexibility index (Phi) is 5.81. The van der Waals surface area contributed by atoms with Crippen molar-refractivity contribution in [2.24, 2.45) is 0 Å². The van der Waals surface area contributed by atoms with Gasteiger partial charge in [-0.25, -0.2) is 14.8 Å². The van der Waals surface area contributed by atoms with Crippen LogP contribution in [-0.4, -0.2) is 46.1 Å². The van der Waals surface area contributed by atoms with Crippen molar-refractivity contribution >= 4 is 23.5 Å². The van der Waals surface area contributed by atoms with E-state index in [2.05, 4.69) is 15.3 Å². The normalized spacial score (nSPS) is 21.9. The minimum absolute atomic E-state index is 0.209. The lowest BCUT2D eigenvalue weighted by molar-refractivity contribution is 0.0526. The lowest BCUT2D eigenvalue weighted by atomic mass is 9.93. The molecule has 0 unspecified atom stereocenters. The molecule has 1 aliphatic carbocycles. The summed E-state index contributed by atoms with van der Waals surface area (Å²) in [5, 5.41) is 13.5. The maximum absolute atomic E-state index is 12.0. The van der Waals surface area contributed by atoms with Crippen LogP contribution in [0.25, 0.3) is 0 Å². The number of thioether (sulfide) groups is 1. The number of carbonyl (C=O) groups is 1. The lowest BCUT2D eigenvalue weighted by Crippen LogP contribution is -2.29. The Bertz CT molecular complexity index is 490. The number of nitrogens with one attached hydrogen (secondary N) is 1. The monoisotopic (exact) mass is 311 g/mol. The number of aliphatic hydroxyl groups is 1. The highest BCUT2D eigenvalue weighted by Crippen LogP contribution is 2.24. The zero-order valence-electron chi connectivity index (χ0n) is 12.3. The fraction of sp³-hybridized carbons (Fsp3) is 0.643. The first-order valence-electron chi connectivity index (χ1n) is 7.16. The minimum Gasteiger partial charge on any atom is -0.462 e. The molecule has 0 aromatic carbocycles. The van der Waals surface area contributed by atoms with E-state index >= 15 is 0 Å². The van der Waals surface area contributed by atoms with Gasteiger partial charge in [-0.05, 0) is 38.9 Å². The highest BCUT2D eigenvalue weighted by atomic mass is 32.2. The molecule has 116 valence electrons. The van der Waals surface area contributed by atoms with Gasteiger partial charge in [-0.2, -0.15) is 0 Å². The van der Waals surface area contributed by atoms with Crippen LogP contribution in [0, 0.1) is 0 Å². The van der Waals surface area contributed by atoms with E-state index in [0.717, 1.165) is 25.7 Å². The van der Waals surface area contributed by atoms with Gasteiger partial charge in [-0.1, -0.05) is 11.8 Å². The molecule has 6 nitrogen and oxygen atoms in total. The van der Waals surface area contributed by atoms with Crippen LogP contribution in [0.4, 0.5) is 5.82 Å². The number of anilines is 1. The van der Waals surface area contributed by atoms with E-state index in [1.54, 1.807) is 6.92 Å². The Labute approximate surface area is 128 Å². The fourth-order valence-corrected chi connectivity index (χ4v) is 2.69. The van der Waals surface area contributed by atoms with Gasteiger partial charge in [0.15, 0.2) is 5.16 Å². The first-order chi connectivity index (χ1) is 10.1. The summed E-state index contributed by atoms with van der Waals surface area (Å²) in [5.41, 5.74) is 0.362. The number of ether oxygens (including phenoxy) is 1. The van der Waals surface area contributed by atoms with E-state index in [1.165, 1.54) is 18.0 Å². The average Bonchev–Trinajstić information content (AvgIpc) is 2.49. The summed E-state index contributed by atoms with van der Waals surface area (Å²) in [5.74, 6) is 0.109. The summed E-state index contributed by atoms with van der Waals surface area (Å²) in [4.78, 5) is 20.5. The fourth-order valence-electron chi connectivity index (χ4n) is 2.35. The molecule has 2 N–H and O–H groups in total. The summed E-state index contributed by atoms with van der Waals surface area (Å²) in [6, 6.07) is 0.214. The van der Waals surface area contributed by atoms with Crippen LogP contribution >= 0.6 is 11.8 Å². The lowest BCUT2D eigenvalue weighted by Gasteiger charge is -2.27. The second-order valence-electron chi connectivity index (χ2n) is 4.99. The van der Waals surface area contributed by atoms with Crippen LogP contribution in [0.5, 0.6) is 0 Å². The van der Waals surface area contributed by atoms with E-state index in [0.29, 0.717) is 23.1 Å². The number of esters is 1. The van der Waals surface area contributed by atoms with Gasteiger partial charge in [-0.15, -0.1) is 0 Å². The van der Waals surface area contributed by atoms with Gasteiger partial charge in [0.05, 0.1) is 12.7 Å². The van der Waals surface area contributed by atoms with E-state index in [9.17, 15) is 9.90 Å². The molecule has 1 fully saturated rings. The first-order valence-corrected chi connectivity index (χ1v) is 8.39. The van der Waals surface area contributed by atoms with Gasteiger partial charge < -0.3 is 15.2 Å². The van der Waals surface area contributed by atoms with Crippen molar-refractivity contribution in [2.75, 3.05) is 18.2 Å². The predicted octanol–water partition coefficient (Wildman–Crippen LogP) is 2.09. The number of aliphatic hydroxyl groups excluding tert-OH is 1. The minimum atomic E-state index is -0.413. The third kappa shape index (κ3) is 4.31. The smallest absolute Gasteiger partial charge is 0.343 e. The van der Waals surface area contributed by atoms with Crippen molar-refractivity contribution in [3.8, 4) is 0 Å². The molecule has 0 atom stereocenters. The molecule has 2 rings (SSSR count). The van der Waals surface area contributed by atoms with Crippen molar-refractivity contribution < 1.29 is 14.6 Å². The number of hydrogen-bond donors (Lipinski definition) is 2. The molecule has 0 radical (unpaired) electrons. The Morgan fingerprint density at radius 3 is 2.81 bits per heavy atom. The van der Waals surface area contributed by atoms with Gasteiger partial charge in [0.2, 0.25) is 0 Å². The molecule has 0 aliphatic heterocycles. The number of hydrogen-bond acceptors (Lipinski definition) is 7. The zero-order valence-corrected chi connectivity index (χ0v) is 13.2. The molecule has 1 saturated carbocycles. The number of aromatic nitrogens is 2. The standard InChI is InChI=1S/C14H21N3O3S/c1-3-20-13(19)11-8-15-14(21-2)17-12(11)16-9-4-6-10(18)7-5-9/h8-10,18H,3-7H2,1-2H3,(H,15,16,17)/t9-,10-. The van der Waals surface area contributed by atoms with E-state index in [1.807, 2.05) is 6.26 Å². The number of nitrogens with zero attached hydrogens (tertiary/aromatic N) is 2. The van der Waals surface area contributed by atoms with Crippen LogP contribution < -0.4 is 5.32 Å². The molecule has 21 heavy (non-hydrogen) atoms. The average molecular weight is 311 g/mol. The Hall–Kier alpha value is -1.34. The summed E-state index contributed by atoms with van der Waals surface area (Å²) in [7, 11) is 0. The second-order valence-corrected chi connectivity index (χ2v) is 5.76. The summed E-state index contributed by atoms with van der Waals surface area (Å²) in [6.45, 7) is 2.09. The van der Waals surface area contributed by atoms with Crippen molar-refractivity contribution in [1.29, 1.82) is 0 Å². The molecule has 1 heterocycles. The summed E-state index contributed by atoms with van der Waals surface area (Å²) >= 11 is 1.42. The Balaban J connectivity index is 2.16. The quantitative estimate of drug-likeness (QED) is 0.489. The van der Waals surface area contributed by atoms with Crippen LogP contribution in [0.15, 0.2) is 11.4 Å². The van der Waals surface area contributed by atoms with Gasteiger partial charge in [0.1, 0.15) is 11.4 Å². The highest BCUT2D eigenvalue weighted by Gasteiger charge is 2.22. The third-order valence-corrected chi connectivity index (χ3v) is 4.04. The highest BCUT2D eigenvalue weighted by molar-refractivity contribution is 7.98. The molecular formula is C14H21N3O3S. The van der Waals surface area contributed by atoms with Crippen LogP contribution in [0.3, 0.4) is 0 Å². The second kappa shape index (κ2) is 7.61. The molecule has 0 saturated heterocycles. The number of rotatable bonds is 5. The van der Waals surface area contributed by atoms with E-state index in [-0.39, 0.29) is 12.1 Å². The van der Waals surface area contributed by atoms with Gasteiger partial charge >= 0.3 is 5.97 Å². The SMILES string of the molecule is CCOC(=O)c1cnc(SC)nc1N[C@H]1CC[C@H](O)CC1. The zero-order chi connectivity index (χ0) is 15.2. The van der Waals surface area contributed by atoms with Crippen LogP contribution in [-0.2, 0) is 4.74 Å². The molecule has 1 aliphatic rings. The molecule has 1 aromatic heterocycles. The van der Waals surface area contributed by atoms with Crippen molar-refractivity contribution in [2.45, 2.75) is 49.9 Å². The third-order valence-electron chi connectivity index (χ3n) is 3.48. The molecule has 0 bridgehead atoms. The van der Waals surface area contributed by atoms with Gasteiger partial charge in [0.25, 0.3) is 0 Å². The molecule has 0 amide bonds. The van der Waals surface area contributed by atoms with Gasteiger partial charge in [0, 0.05) is 12.2 Å². The van der Waals surface area contributed by atoms with E-state index in [4.69, 9.17) is 4.74 Å². The Morgan fingerprint density at radius 1 is 1.48 bits per heavy atom. The maximum Gasteiger partial charge on any atom is 0.343 e. The van der Waals surface area contributed by atoms with Gasteiger partial charge in [-0.3, -0.25) is 0 Å². The predicted molar refractivity (Wildman–Crippen MR) is 81.7 cm³/mol. The summed E-state index contributed by atoms with van der Waals surface area (Å²) in [6.07, 6.45) is 6.46. The van der Waals surface area contributed by atoms with Crippen molar-refractivity contribution in [1.82, 2.24) is 9.97 Å². The molecule has 1 aromatic rings. The van der Waals surface area contributed by atoms with Crippen LogP contribution in [0.1, 0.15) is 43.0 Å². The topological polar surface area (TPSA) is 84.3 Å². The van der Waals surface area contributed by atoms with Crippen LogP contribution in [0.2, 0.25) is 0 Å². The van der Waals surface area contributed by atoms with Crippen molar-refractivity contribution in [3.63, 3.8) is 0 Å². The molecule has 0 spiro atoms. The Morgan fingerprint density at radius 2 is 2.19 bits per heavy atom. The van der Waals surface area contributed by atoms with Crippen molar-refractivity contribution in [3.05, 3.63) is 11.8 Å². The largest absolute Gasteiger partial charge is 0.462 e. The summed E-state index contributed by atoms with van der Waals surface area (Å²) < 4.78 is 5.04. The molecule has 7 heteroatoms.